The summed E-state index contributed by atoms with van der Waals surface area (Å²) in [6, 6.07) is 4.11. The summed E-state index contributed by atoms with van der Waals surface area (Å²) >= 11 is 4.31. The molecule has 0 aliphatic carbocycles. The van der Waals surface area contributed by atoms with Gasteiger partial charge in [0.1, 0.15) is 0 Å². The molecule has 1 amide bonds. The molecule has 2 aromatic heterocycles. The van der Waals surface area contributed by atoms with Crippen molar-refractivity contribution in [2.24, 2.45) is 5.92 Å². The lowest BCUT2D eigenvalue weighted by Crippen LogP contribution is -2.32. The van der Waals surface area contributed by atoms with Crippen molar-refractivity contribution >= 4 is 45.5 Å². The molecule has 0 fully saturated rings. The number of thioether (sulfide) groups is 1. The molecule has 3 N–H and O–H groups in total. The first-order valence-corrected chi connectivity index (χ1v) is 8.79. The second kappa shape index (κ2) is 7.05. The molecular formula is C12H16N4OS3. The average molecular weight is 328 g/mol. The second-order valence-corrected chi connectivity index (χ2v) is 7.71. The lowest BCUT2D eigenvalue weighted by Gasteiger charge is -2.21. The van der Waals surface area contributed by atoms with Gasteiger partial charge in [-0.1, -0.05) is 43.0 Å². The van der Waals surface area contributed by atoms with Crippen LogP contribution in [0.4, 0.5) is 5.13 Å². The van der Waals surface area contributed by atoms with E-state index in [4.69, 9.17) is 5.73 Å². The SMILES string of the molecule is CC(C)C(NC(=O)CSc1nnc(N)s1)c1cccs1. The van der Waals surface area contributed by atoms with Gasteiger partial charge in [-0.2, -0.15) is 0 Å². The number of nitrogens with one attached hydrogen (secondary N) is 1. The lowest BCUT2D eigenvalue weighted by atomic mass is 10.0. The van der Waals surface area contributed by atoms with Gasteiger partial charge in [-0.05, 0) is 17.4 Å². The van der Waals surface area contributed by atoms with E-state index in [0.29, 0.717) is 16.8 Å². The first kappa shape index (κ1) is 15.3. The van der Waals surface area contributed by atoms with Gasteiger partial charge in [0.05, 0.1) is 11.8 Å². The van der Waals surface area contributed by atoms with Gasteiger partial charge in [-0.25, -0.2) is 0 Å². The third kappa shape index (κ3) is 4.19. The molecule has 108 valence electrons. The smallest absolute Gasteiger partial charge is 0.230 e. The van der Waals surface area contributed by atoms with Crippen LogP contribution in [0.25, 0.3) is 0 Å². The molecule has 0 aliphatic heterocycles. The first-order chi connectivity index (χ1) is 9.56. The Morgan fingerprint density at radius 2 is 2.30 bits per heavy atom. The van der Waals surface area contributed by atoms with Gasteiger partial charge in [0.15, 0.2) is 4.34 Å². The van der Waals surface area contributed by atoms with Crippen molar-refractivity contribution in [3.8, 4) is 0 Å². The molecule has 0 radical (unpaired) electrons. The Bertz CT molecular complexity index is 553. The normalized spacial score (nSPS) is 12.6. The predicted molar refractivity (Wildman–Crippen MR) is 85.1 cm³/mol. The number of carbonyl (C=O) groups excluding carboxylic acids is 1. The highest BCUT2D eigenvalue weighted by Crippen LogP contribution is 2.27. The standard InChI is InChI=1S/C12H16N4OS3/c1-7(2)10(8-4-3-5-18-8)14-9(17)6-19-12-16-15-11(13)20-12/h3-5,7,10H,6H2,1-2H3,(H2,13,15)(H,14,17). The molecule has 2 aromatic rings. The number of aromatic nitrogens is 2. The molecule has 0 bridgehead atoms. The van der Waals surface area contributed by atoms with Gasteiger partial charge in [0, 0.05) is 4.88 Å². The van der Waals surface area contributed by atoms with Crippen LogP contribution in [0.1, 0.15) is 24.8 Å². The maximum absolute atomic E-state index is 12.0. The summed E-state index contributed by atoms with van der Waals surface area (Å²) in [6.45, 7) is 4.20. The van der Waals surface area contributed by atoms with E-state index in [0.717, 1.165) is 4.34 Å². The van der Waals surface area contributed by atoms with Gasteiger partial charge in [0.25, 0.3) is 0 Å². The molecule has 0 saturated carbocycles. The molecule has 5 nitrogen and oxygen atoms in total. The van der Waals surface area contributed by atoms with E-state index < -0.39 is 0 Å². The highest BCUT2D eigenvalue weighted by atomic mass is 32.2. The second-order valence-electron chi connectivity index (χ2n) is 4.50. The number of hydrogen-bond acceptors (Lipinski definition) is 7. The fraction of sp³-hybridized carbons (Fsp3) is 0.417. The fourth-order valence-corrected chi connectivity index (χ4v) is 4.05. The fourth-order valence-electron chi connectivity index (χ4n) is 1.66. The summed E-state index contributed by atoms with van der Waals surface area (Å²) in [5.41, 5.74) is 5.50. The number of rotatable bonds is 6. The van der Waals surface area contributed by atoms with E-state index in [2.05, 4.69) is 29.4 Å². The highest BCUT2D eigenvalue weighted by Gasteiger charge is 2.19. The topological polar surface area (TPSA) is 80.9 Å². The van der Waals surface area contributed by atoms with E-state index in [1.165, 1.54) is 28.0 Å². The maximum atomic E-state index is 12.0. The Balaban J connectivity index is 1.89. The number of thiophene rings is 1. The molecule has 20 heavy (non-hydrogen) atoms. The number of carbonyl (C=O) groups is 1. The van der Waals surface area contributed by atoms with Crippen LogP contribution in [0.2, 0.25) is 0 Å². The van der Waals surface area contributed by atoms with Crippen LogP contribution in [0, 0.1) is 5.92 Å². The highest BCUT2D eigenvalue weighted by molar-refractivity contribution is 8.01. The van der Waals surface area contributed by atoms with Crippen LogP contribution >= 0.6 is 34.4 Å². The molecular weight excluding hydrogens is 312 g/mol. The minimum absolute atomic E-state index is 0.00382. The Hall–Kier alpha value is -1.12. The van der Waals surface area contributed by atoms with E-state index in [-0.39, 0.29) is 11.9 Å². The lowest BCUT2D eigenvalue weighted by molar-refractivity contribution is -0.119. The minimum atomic E-state index is -0.00382. The van der Waals surface area contributed by atoms with Crippen molar-refractivity contribution in [1.82, 2.24) is 15.5 Å². The monoisotopic (exact) mass is 328 g/mol. The Morgan fingerprint density at radius 1 is 1.50 bits per heavy atom. The summed E-state index contributed by atoms with van der Waals surface area (Å²) in [6.07, 6.45) is 0. The molecule has 0 saturated heterocycles. The van der Waals surface area contributed by atoms with Gasteiger partial charge in [-0.15, -0.1) is 21.5 Å². The Labute approximate surface area is 130 Å². The van der Waals surface area contributed by atoms with Crippen LogP contribution in [0.5, 0.6) is 0 Å². The van der Waals surface area contributed by atoms with Gasteiger partial charge in [0.2, 0.25) is 11.0 Å². The molecule has 0 aromatic carbocycles. The van der Waals surface area contributed by atoms with E-state index in [1.54, 1.807) is 11.3 Å². The zero-order valence-electron chi connectivity index (χ0n) is 11.2. The molecule has 0 aliphatic rings. The zero-order valence-corrected chi connectivity index (χ0v) is 13.6. The van der Waals surface area contributed by atoms with Crippen molar-refractivity contribution in [1.29, 1.82) is 0 Å². The maximum Gasteiger partial charge on any atom is 0.230 e. The quantitative estimate of drug-likeness (QED) is 0.797. The molecule has 1 unspecified atom stereocenters. The summed E-state index contributed by atoms with van der Waals surface area (Å²) in [5, 5.41) is 13.1. The van der Waals surface area contributed by atoms with Crippen molar-refractivity contribution in [3.05, 3.63) is 22.4 Å². The summed E-state index contributed by atoms with van der Waals surface area (Å²) in [7, 11) is 0. The summed E-state index contributed by atoms with van der Waals surface area (Å²) < 4.78 is 0.717. The van der Waals surface area contributed by atoms with Crippen LogP contribution in [0.15, 0.2) is 21.9 Å². The third-order valence-corrected chi connectivity index (χ3v) is 5.42. The number of nitrogens with two attached hydrogens (primary N) is 1. The predicted octanol–water partition coefficient (Wildman–Crippen LogP) is 2.79. The molecule has 2 rings (SSSR count). The number of nitrogens with zero attached hydrogens (tertiary/aromatic N) is 2. The minimum Gasteiger partial charge on any atom is -0.374 e. The number of nitrogen functional groups attached to an aromatic ring is 1. The summed E-state index contributed by atoms with van der Waals surface area (Å²) in [4.78, 5) is 13.2. The molecule has 0 spiro atoms. The first-order valence-electron chi connectivity index (χ1n) is 6.11. The van der Waals surface area contributed by atoms with Gasteiger partial charge >= 0.3 is 0 Å². The number of anilines is 1. The zero-order chi connectivity index (χ0) is 14.5. The average Bonchev–Trinajstić information content (AvgIpc) is 3.04. The summed E-state index contributed by atoms with van der Waals surface area (Å²) in [5.74, 6) is 0.666. The Morgan fingerprint density at radius 3 is 2.85 bits per heavy atom. The number of amides is 1. The van der Waals surface area contributed by atoms with Gasteiger partial charge in [-0.3, -0.25) is 4.79 Å². The van der Waals surface area contributed by atoms with E-state index in [1.807, 2.05) is 17.5 Å². The molecule has 1 atom stereocenters. The van der Waals surface area contributed by atoms with Crippen molar-refractivity contribution in [2.45, 2.75) is 24.2 Å². The van der Waals surface area contributed by atoms with Crippen LogP contribution in [0.3, 0.4) is 0 Å². The van der Waals surface area contributed by atoms with Crippen molar-refractivity contribution in [2.75, 3.05) is 11.5 Å². The van der Waals surface area contributed by atoms with Gasteiger partial charge < -0.3 is 11.1 Å². The molecule has 2 heterocycles. The molecule has 8 heteroatoms. The number of hydrogen-bond donors (Lipinski definition) is 2. The van der Waals surface area contributed by atoms with Crippen LogP contribution in [-0.2, 0) is 4.79 Å². The Kier molecular flexibility index (Phi) is 5.38. The van der Waals surface area contributed by atoms with Crippen LogP contribution < -0.4 is 11.1 Å². The largest absolute Gasteiger partial charge is 0.374 e. The van der Waals surface area contributed by atoms with Crippen LogP contribution in [-0.4, -0.2) is 21.9 Å². The van der Waals surface area contributed by atoms with Crippen molar-refractivity contribution < 1.29 is 4.79 Å². The third-order valence-electron chi connectivity index (χ3n) is 2.58. The van der Waals surface area contributed by atoms with E-state index >= 15 is 0 Å². The van der Waals surface area contributed by atoms with E-state index in [9.17, 15) is 4.79 Å². The van der Waals surface area contributed by atoms with Crippen molar-refractivity contribution in [3.63, 3.8) is 0 Å².